The highest BCUT2D eigenvalue weighted by atomic mass is 16.1. The maximum absolute atomic E-state index is 11.8. The van der Waals surface area contributed by atoms with Gasteiger partial charge in [-0.1, -0.05) is 29.8 Å². The number of H-pyrrole nitrogens is 1. The third kappa shape index (κ3) is 2.34. The summed E-state index contributed by atoms with van der Waals surface area (Å²) in [7, 11) is 0. The second kappa shape index (κ2) is 4.13. The molecule has 0 saturated heterocycles. The fourth-order valence-corrected chi connectivity index (χ4v) is 1.61. The van der Waals surface area contributed by atoms with E-state index in [1.165, 1.54) is 5.56 Å². The van der Waals surface area contributed by atoms with Gasteiger partial charge in [-0.25, -0.2) is 0 Å². The molecule has 1 aromatic heterocycles. The first-order valence-electron chi connectivity index (χ1n) is 4.97. The van der Waals surface area contributed by atoms with Crippen molar-refractivity contribution in [1.82, 2.24) is 4.98 Å². The molecule has 1 heterocycles. The van der Waals surface area contributed by atoms with Crippen LogP contribution in [0.5, 0.6) is 0 Å². The van der Waals surface area contributed by atoms with Crippen LogP contribution in [0.2, 0.25) is 0 Å². The molecular weight excluding hydrogens is 186 g/mol. The molecule has 15 heavy (non-hydrogen) atoms. The van der Waals surface area contributed by atoms with Crippen molar-refractivity contribution >= 4 is 5.78 Å². The predicted molar refractivity (Wildman–Crippen MR) is 60.0 cm³/mol. The largest absolute Gasteiger partial charge is 0.367 e. The normalized spacial score (nSPS) is 10.2. The van der Waals surface area contributed by atoms with Gasteiger partial charge >= 0.3 is 0 Å². The van der Waals surface area contributed by atoms with Gasteiger partial charge in [-0.2, -0.15) is 0 Å². The Morgan fingerprint density at radius 1 is 1.33 bits per heavy atom. The van der Waals surface area contributed by atoms with Crippen molar-refractivity contribution in [1.29, 1.82) is 0 Å². The van der Waals surface area contributed by atoms with Gasteiger partial charge < -0.3 is 4.98 Å². The van der Waals surface area contributed by atoms with Crippen molar-refractivity contribution in [2.75, 3.05) is 0 Å². The van der Waals surface area contributed by atoms with Crippen LogP contribution in [0.3, 0.4) is 0 Å². The molecule has 1 aromatic carbocycles. The summed E-state index contributed by atoms with van der Waals surface area (Å²) in [4.78, 5) is 14.7. The van der Waals surface area contributed by atoms with E-state index in [9.17, 15) is 4.79 Å². The number of carbonyl (C=O) groups is 1. The Balaban J connectivity index is 2.13. The SMILES string of the molecule is Cc1cccc(CC(=O)c2cc[nH]c2)c1. The van der Waals surface area contributed by atoms with Crippen LogP contribution in [0, 0.1) is 6.92 Å². The van der Waals surface area contributed by atoms with Gasteiger partial charge in [-0.05, 0) is 18.6 Å². The maximum Gasteiger partial charge on any atom is 0.168 e. The minimum Gasteiger partial charge on any atom is -0.367 e. The number of rotatable bonds is 3. The lowest BCUT2D eigenvalue weighted by atomic mass is 10.0. The standard InChI is InChI=1S/C13H13NO/c1-10-3-2-4-11(7-10)8-13(15)12-5-6-14-9-12/h2-7,9,14H,8H2,1H3. The highest BCUT2D eigenvalue weighted by Crippen LogP contribution is 2.08. The van der Waals surface area contributed by atoms with Crippen LogP contribution in [-0.4, -0.2) is 10.8 Å². The summed E-state index contributed by atoms with van der Waals surface area (Å²) in [6.07, 6.45) is 3.97. The second-order valence-electron chi connectivity index (χ2n) is 3.69. The molecule has 1 N–H and O–H groups in total. The van der Waals surface area contributed by atoms with E-state index in [0.717, 1.165) is 11.1 Å². The van der Waals surface area contributed by atoms with E-state index in [2.05, 4.69) is 4.98 Å². The Morgan fingerprint density at radius 2 is 2.20 bits per heavy atom. The molecule has 2 heteroatoms. The summed E-state index contributed by atoms with van der Waals surface area (Å²) in [6, 6.07) is 9.85. The molecule has 0 aliphatic rings. The van der Waals surface area contributed by atoms with E-state index in [-0.39, 0.29) is 5.78 Å². The molecule has 0 aliphatic heterocycles. The molecule has 2 rings (SSSR count). The number of Topliss-reactive ketones (excluding diaryl/α,β-unsaturated/α-hetero) is 1. The monoisotopic (exact) mass is 199 g/mol. The van der Waals surface area contributed by atoms with E-state index >= 15 is 0 Å². The van der Waals surface area contributed by atoms with E-state index in [1.54, 1.807) is 18.5 Å². The lowest BCUT2D eigenvalue weighted by Crippen LogP contribution is -2.02. The van der Waals surface area contributed by atoms with Crippen LogP contribution in [0.1, 0.15) is 21.5 Å². The third-order valence-corrected chi connectivity index (χ3v) is 2.37. The average Bonchev–Trinajstić information content (AvgIpc) is 2.70. The van der Waals surface area contributed by atoms with Crippen LogP contribution in [0.4, 0.5) is 0 Å². The zero-order valence-electron chi connectivity index (χ0n) is 8.66. The van der Waals surface area contributed by atoms with Gasteiger partial charge in [-0.15, -0.1) is 0 Å². The molecule has 0 bridgehead atoms. The number of aromatic amines is 1. The van der Waals surface area contributed by atoms with Crippen molar-refractivity contribution in [3.8, 4) is 0 Å². The smallest absolute Gasteiger partial charge is 0.168 e. The van der Waals surface area contributed by atoms with Gasteiger partial charge in [0.25, 0.3) is 0 Å². The van der Waals surface area contributed by atoms with Crippen molar-refractivity contribution in [2.24, 2.45) is 0 Å². The van der Waals surface area contributed by atoms with E-state index in [4.69, 9.17) is 0 Å². The van der Waals surface area contributed by atoms with E-state index < -0.39 is 0 Å². The number of benzene rings is 1. The molecular formula is C13H13NO. The van der Waals surface area contributed by atoms with Gasteiger partial charge in [-0.3, -0.25) is 4.79 Å². The minimum atomic E-state index is 0.154. The average molecular weight is 199 g/mol. The quantitative estimate of drug-likeness (QED) is 0.757. The molecule has 0 aliphatic carbocycles. The first kappa shape index (κ1) is 9.71. The number of hydrogen-bond acceptors (Lipinski definition) is 1. The van der Waals surface area contributed by atoms with Gasteiger partial charge in [0.15, 0.2) is 5.78 Å². The van der Waals surface area contributed by atoms with Gasteiger partial charge in [0, 0.05) is 24.4 Å². The number of aryl methyl sites for hydroxylation is 1. The van der Waals surface area contributed by atoms with Crippen LogP contribution >= 0.6 is 0 Å². The summed E-state index contributed by atoms with van der Waals surface area (Å²) < 4.78 is 0. The molecule has 0 atom stereocenters. The fourth-order valence-electron chi connectivity index (χ4n) is 1.61. The Morgan fingerprint density at radius 3 is 2.87 bits per heavy atom. The van der Waals surface area contributed by atoms with Gasteiger partial charge in [0.1, 0.15) is 0 Å². The Kier molecular flexibility index (Phi) is 2.68. The topological polar surface area (TPSA) is 32.9 Å². The molecule has 0 fully saturated rings. The van der Waals surface area contributed by atoms with Crippen LogP contribution < -0.4 is 0 Å². The molecule has 0 unspecified atom stereocenters. The van der Waals surface area contributed by atoms with Crippen molar-refractivity contribution in [3.63, 3.8) is 0 Å². The highest BCUT2D eigenvalue weighted by molar-refractivity contribution is 5.97. The number of carbonyl (C=O) groups excluding carboxylic acids is 1. The molecule has 0 spiro atoms. The zero-order valence-corrected chi connectivity index (χ0v) is 8.66. The second-order valence-corrected chi connectivity index (χ2v) is 3.69. The molecule has 0 saturated carbocycles. The van der Waals surface area contributed by atoms with Crippen LogP contribution in [-0.2, 0) is 6.42 Å². The Bertz CT molecular complexity index is 457. The van der Waals surface area contributed by atoms with Crippen molar-refractivity contribution < 1.29 is 4.79 Å². The number of ketones is 1. The number of hydrogen-bond donors (Lipinski definition) is 1. The lowest BCUT2D eigenvalue weighted by Gasteiger charge is -2.00. The molecule has 2 aromatic rings. The summed E-state index contributed by atoms with van der Waals surface area (Å²) in [5, 5.41) is 0. The summed E-state index contributed by atoms with van der Waals surface area (Å²) >= 11 is 0. The lowest BCUT2D eigenvalue weighted by molar-refractivity contribution is 0.0993. The first-order valence-corrected chi connectivity index (χ1v) is 4.97. The van der Waals surface area contributed by atoms with Crippen molar-refractivity contribution in [2.45, 2.75) is 13.3 Å². The van der Waals surface area contributed by atoms with E-state index in [0.29, 0.717) is 6.42 Å². The summed E-state index contributed by atoms with van der Waals surface area (Å²) in [5.41, 5.74) is 3.01. The van der Waals surface area contributed by atoms with Crippen LogP contribution in [0.25, 0.3) is 0 Å². The maximum atomic E-state index is 11.8. The van der Waals surface area contributed by atoms with Crippen LogP contribution in [0.15, 0.2) is 42.7 Å². The predicted octanol–water partition coefficient (Wildman–Crippen LogP) is 2.75. The summed E-state index contributed by atoms with van der Waals surface area (Å²) in [5.74, 6) is 0.154. The van der Waals surface area contributed by atoms with Gasteiger partial charge in [0.2, 0.25) is 0 Å². The number of nitrogens with one attached hydrogen (secondary N) is 1. The molecule has 2 nitrogen and oxygen atoms in total. The number of aromatic nitrogens is 1. The minimum absolute atomic E-state index is 0.154. The fraction of sp³-hybridized carbons (Fsp3) is 0.154. The zero-order chi connectivity index (χ0) is 10.7. The van der Waals surface area contributed by atoms with Gasteiger partial charge in [0.05, 0.1) is 0 Å². The molecule has 76 valence electrons. The molecule has 0 amide bonds. The first-order chi connectivity index (χ1) is 7.25. The Hall–Kier alpha value is -1.83. The summed E-state index contributed by atoms with van der Waals surface area (Å²) in [6.45, 7) is 2.03. The highest BCUT2D eigenvalue weighted by Gasteiger charge is 2.06. The third-order valence-electron chi connectivity index (χ3n) is 2.37. The molecule has 0 radical (unpaired) electrons. The van der Waals surface area contributed by atoms with Crippen molar-refractivity contribution in [3.05, 3.63) is 59.4 Å². The van der Waals surface area contributed by atoms with E-state index in [1.807, 2.05) is 31.2 Å². The Labute approximate surface area is 89.0 Å².